The molecule has 2 saturated heterocycles. The van der Waals surface area contributed by atoms with Gasteiger partial charge in [0.05, 0.1) is 11.8 Å². The van der Waals surface area contributed by atoms with Crippen LogP contribution < -0.4 is 4.90 Å². The van der Waals surface area contributed by atoms with E-state index in [4.69, 9.17) is 4.74 Å². The van der Waals surface area contributed by atoms with Gasteiger partial charge in [0.2, 0.25) is 0 Å². The van der Waals surface area contributed by atoms with Crippen LogP contribution in [0, 0.1) is 20.8 Å². The molecule has 2 aliphatic heterocycles. The molecule has 0 aromatic carbocycles. The topological polar surface area (TPSA) is 59.3 Å². The minimum atomic E-state index is 0.431. The van der Waals surface area contributed by atoms with Gasteiger partial charge >= 0.3 is 0 Å². The SMILES string of the molecule is Cc1cc(C)n(-c2cc(N3CCN(CC4CCCO4)CC3)nc(C)n2)n1. The predicted octanol–water partition coefficient (Wildman–Crippen LogP) is 1.89. The van der Waals surface area contributed by atoms with Gasteiger partial charge in [0.1, 0.15) is 11.6 Å². The van der Waals surface area contributed by atoms with Gasteiger partial charge in [-0.25, -0.2) is 14.6 Å². The molecule has 26 heavy (non-hydrogen) atoms. The normalized spacial score (nSPS) is 21.5. The summed E-state index contributed by atoms with van der Waals surface area (Å²) in [5.74, 6) is 2.63. The van der Waals surface area contributed by atoms with Gasteiger partial charge in [0.25, 0.3) is 0 Å². The number of hydrogen-bond acceptors (Lipinski definition) is 6. The van der Waals surface area contributed by atoms with E-state index in [0.717, 1.165) is 68.2 Å². The fourth-order valence-electron chi connectivity index (χ4n) is 3.90. The number of nitrogens with zero attached hydrogens (tertiary/aromatic N) is 6. The van der Waals surface area contributed by atoms with Crippen LogP contribution in [0.2, 0.25) is 0 Å². The molecule has 140 valence electrons. The molecule has 7 heteroatoms. The van der Waals surface area contributed by atoms with E-state index in [1.54, 1.807) is 0 Å². The summed E-state index contributed by atoms with van der Waals surface area (Å²) in [5, 5.41) is 4.56. The monoisotopic (exact) mass is 356 g/mol. The van der Waals surface area contributed by atoms with Crippen LogP contribution in [0.1, 0.15) is 30.1 Å². The third-order valence-corrected chi connectivity index (χ3v) is 5.22. The molecule has 2 aromatic heterocycles. The van der Waals surface area contributed by atoms with Crippen molar-refractivity contribution in [2.45, 2.75) is 39.7 Å². The van der Waals surface area contributed by atoms with Crippen LogP contribution in [0.25, 0.3) is 5.82 Å². The Bertz CT molecular complexity index is 759. The number of anilines is 1. The number of hydrogen-bond donors (Lipinski definition) is 0. The van der Waals surface area contributed by atoms with Crippen molar-refractivity contribution in [2.24, 2.45) is 0 Å². The van der Waals surface area contributed by atoms with E-state index in [2.05, 4.69) is 43.9 Å². The summed E-state index contributed by atoms with van der Waals surface area (Å²) in [4.78, 5) is 14.1. The highest BCUT2D eigenvalue weighted by atomic mass is 16.5. The van der Waals surface area contributed by atoms with Crippen molar-refractivity contribution in [1.29, 1.82) is 0 Å². The van der Waals surface area contributed by atoms with E-state index < -0.39 is 0 Å². The maximum Gasteiger partial charge on any atom is 0.159 e. The molecule has 0 radical (unpaired) electrons. The predicted molar refractivity (Wildman–Crippen MR) is 101 cm³/mol. The van der Waals surface area contributed by atoms with Crippen molar-refractivity contribution in [3.05, 3.63) is 29.3 Å². The maximum atomic E-state index is 5.78. The fourth-order valence-corrected chi connectivity index (χ4v) is 3.90. The summed E-state index contributed by atoms with van der Waals surface area (Å²) in [5.41, 5.74) is 2.09. The molecule has 4 rings (SSSR count). The average Bonchev–Trinajstić information content (AvgIpc) is 3.24. The van der Waals surface area contributed by atoms with Crippen molar-refractivity contribution in [2.75, 3.05) is 44.2 Å². The molecule has 1 unspecified atom stereocenters. The molecular weight excluding hydrogens is 328 g/mol. The van der Waals surface area contributed by atoms with Crippen molar-refractivity contribution in [1.82, 2.24) is 24.6 Å². The van der Waals surface area contributed by atoms with E-state index in [1.165, 1.54) is 12.8 Å². The Balaban J connectivity index is 1.46. The molecule has 0 aliphatic carbocycles. The van der Waals surface area contributed by atoms with Gasteiger partial charge < -0.3 is 9.64 Å². The third-order valence-electron chi connectivity index (χ3n) is 5.22. The van der Waals surface area contributed by atoms with Gasteiger partial charge in [0.15, 0.2) is 5.82 Å². The highest BCUT2D eigenvalue weighted by Gasteiger charge is 2.24. The molecule has 2 fully saturated rings. The molecule has 2 aliphatic rings. The van der Waals surface area contributed by atoms with Gasteiger partial charge in [-0.2, -0.15) is 5.10 Å². The summed E-state index contributed by atoms with van der Waals surface area (Å²) in [6.45, 7) is 12.1. The molecule has 2 aromatic rings. The van der Waals surface area contributed by atoms with E-state index in [0.29, 0.717) is 6.10 Å². The summed E-state index contributed by atoms with van der Waals surface area (Å²) < 4.78 is 7.68. The zero-order chi connectivity index (χ0) is 18.1. The molecule has 0 amide bonds. The first-order valence-corrected chi connectivity index (χ1v) is 9.57. The zero-order valence-electron chi connectivity index (χ0n) is 16.0. The smallest absolute Gasteiger partial charge is 0.159 e. The molecule has 0 spiro atoms. The van der Waals surface area contributed by atoms with Gasteiger partial charge in [0, 0.05) is 51.1 Å². The summed E-state index contributed by atoms with van der Waals surface area (Å²) in [6.07, 6.45) is 2.84. The number of aromatic nitrogens is 4. The summed E-state index contributed by atoms with van der Waals surface area (Å²) in [6, 6.07) is 4.13. The third kappa shape index (κ3) is 3.73. The first-order valence-electron chi connectivity index (χ1n) is 9.57. The van der Waals surface area contributed by atoms with Crippen LogP contribution in [-0.4, -0.2) is 70.1 Å². The number of rotatable bonds is 4. The van der Waals surface area contributed by atoms with Gasteiger partial charge in [-0.05, 0) is 39.7 Å². The van der Waals surface area contributed by atoms with Crippen molar-refractivity contribution in [3.8, 4) is 5.82 Å². The van der Waals surface area contributed by atoms with E-state index in [9.17, 15) is 0 Å². The van der Waals surface area contributed by atoms with Gasteiger partial charge in [-0.1, -0.05) is 0 Å². The van der Waals surface area contributed by atoms with Crippen molar-refractivity contribution in [3.63, 3.8) is 0 Å². The van der Waals surface area contributed by atoms with Crippen LogP contribution in [0.15, 0.2) is 12.1 Å². The Hall–Kier alpha value is -1.99. The fraction of sp³-hybridized carbons (Fsp3) is 0.632. The highest BCUT2D eigenvalue weighted by Crippen LogP contribution is 2.20. The van der Waals surface area contributed by atoms with Crippen LogP contribution >= 0.6 is 0 Å². The molecule has 0 N–H and O–H groups in total. The highest BCUT2D eigenvalue weighted by molar-refractivity contribution is 5.45. The lowest BCUT2D eigenvalue weighted by molar-refractivity contribution is 0.0712. The van der Waals surface area contributed by atoms with Crippen LogP contribution in [0.3, 0.4) is 0 Å². The minimum absolute atomic E-state index is 0.431. The largest absolute Gasteiger partial charge is 0.377 e. The average molecular weight is 356 g/mol. The lowest BCUT2D eigenvalue weighted by Crippen LogP contribution is -2.48. The van der Waals surface area contributed by atoms with Crippen molar-refractivity contribution < 1.29 is 4.74 Å². The van der Waals surface area contributed by atoms with E-state index in [1.807, 2.05) is 18.5 Å². The quantitative estimate of drug-likeness (QED) is 0.834. The lowest BCUT2D eigenvalue weighted by Gasteiger charge is -2.36. The van der Waals surface area contributed by atoms with Gasteiger partial charge in [-0.3, -0.25) is 4.90 Å². The second-order valence-electron chi connectivity index (χ2n) is 7.39. The molecular formula is C19H28N6O. The Labute approximate surface area is 155 Å². The Morgan fingerprint density at radius 3 is 2.46 bits per heavy atom. The second-order valence-corrected chi connectivity index (χ2v) is 7.39. The first-order chi connectivity index (χ1) is 12.6. The maximum absolute atomic E-state index is 5.78. The molecule has 1 atom stereocenters. The van der Waals surface area contributed by atoms with Crippen LogP contribution in [0.4, 0.5) is 5.82 Å². The lowest BCUT2D eigenvalue weighted by atomic mass is 10.2. The Kier molecular flexibility index (Phi) is 4.91. The zero-order valence-corrected chi connectivity index (χ0v) is 16.0. The molecule has 0 saturated carbocycles. The number of ether oxygens (including phenoxy) is 1. The molecule has 0 bridgehead atoms. The number of aryl methyl sites for hydroxylation is 3. The molecule has 4 heterocycles. The number of piperazine rings is 1. The summed E-state index contributed by atoms with van der Waals surface area (Å²) >= 11 is 0. The van der Waals surface area contributed by atoms with Crippen LogP contribution in [-0.2, 0) is 4.74 Å². The molecule has 7 nitrogen and oxygen atoms in total. The Morgan fingerprint density at radius 1 is 1.04 bits per heavy atom. The van der Waals surface area contributed by atoms with E-state index >= 15 is 0 Å². The summed E-state index contributed by atoms with van der Waals surface area (Å²) in [7, 11) is 0. The van der Waals surface area contributed by atoms with E-state index in [-0.39, 0.29) is 0 Å². The van der Waals surface area contributed by atoms with Gasteiger partial charge in [-0.15, -0.1) is 0 Å². The van der Waals surface area contributed by atoms with Crippen LogP contribution in [0.5, 0.6) is 0 Å². The second kappa shape index (κ2) is 7.32. The first kappa shape index (κ1) is 17.4. The minimum Gasteiger partial charge on any atom is -0.377 e. The Morgan fingerprint density at radius 2 is 1.81 bits per heavy atom. The standard InChI is InChI=1S/C19H28N6O/c1-14-11-15(2)25(22-14)19-12-18(20-16(3)21-19)24-8-6-23(7-9-24)13-17-5-4-10-26-17/h11-12,17H,4-10,13H2,1-3H3. The van der Waals surface area contributed by atoms with Crippen molar-refractivity contribution >= 4 is 5.82 Å².